The van der Waals surface area contributed by atoms with E-state index in [0.717, 1.165) is 5.56 Å². The van der Waals surface area contributed by atoms with Crippen molar-refractivity contribution >= 4 is 45.1 Å². The normalized spacial score (nSPS) is 10.2. The fraction of sp³-hybridized carbons (Fsp3) is 0.222. The van der Waals surface area contributed by atoms with E-state index in [2.05, 4.69) is 15.9 Å². The molecule has 0 saturated heterocycles. The molecule has 0 spiro atoms. The highest BCUT2D eigenvalue weighted by Crippen LogP contribution is 2.27. The molecule has 0 unspecified atom stereocenters. The smallest absolute Gasteiger partial charge is 0.307 e. The maximum Gasteiger partial charge on any atom is 0.307 e. The summed E-state index contributed by atoms with van der Waals surface area (Å²) in [4.78, 5) is 10.5. The predicted octanol–water partition coefficient (Wildman–Crippen LogP) is 3.52. The van der Waals surface area contributed by atoms with Crippen LogP contribution >= 0.6 is 39.1 Å². The molecule has 0 fully saturated rings. The molecule has 0 aliphatic rings. The number of carboxylic acids is 1. The molecule has 0 aliphatic heterocycles. The van der Waals surface area contributed by atoms with Gasteiger partial charge in [0.2, 0.25) is 0 Å². The second kappa shape index (κ2) is 5.01. The van der Waals surface area contributed by atoms with Gasteiger partial charge in [-0.1, -0.05) is 39.1 Å². The minimum atomic E-state index is -0.884. The standard InChI is InChI=1S/C9H7BrCl2O2/c10-4-6-2-8(12)7(11)1-5(6)3-9(13)14/h1-2H,3-4H2,(H,13,14). The third kappa shape index (κ3) is 2.87. The average molecular weight is 298 g/mol. The molecule has 0 bridgehead atoms. The third-order valence-electron chi connectivity index (χ3n) is 1.73. The Bertz CT molecular complexity index is 366. The summed E-state index contributed by atoms with van der Waals surface area (Å²) < 4.78 is 0. The molecule has 5 heteroatoms. The van der Waals surface area contributed by atoms with Crippen molar-refractivity contribution in [1.29, 1.82) is 0 Å². The molecule has 1 aromatic rings. The Balaban J connectivity index is 3.13. The monoisotopic (exact) mass is 296 g/mol. The summed E-state index contributed by atoms with van der Waals surface area (Å²) in [6.45, 7) is 0. The van der Waals surface area contributed by atoms with Crippen molar-refractivity contribution in [1.82, 2.24) is 0 Å². The van der Waals surface area contributed by atoms with Crippen molar-refractivity contribution in [3.63, 3.8) is 0 Å². The molecular weight excluding hydrogens is 291 g/mol. The van der Waals surface area contributed by atoms with E-state index in [4.69, 9.17) is 28.3 Å². The average Bonchev–Trinajstić information content (AvgIpc) is 2.10. The number of carboxylic acid groups (broad SMARTS) is 1. The minimum Gasteiger partial charge on any atom is -0.481 e. The van der Waals surface area contributed by atoms with Crippen LogP contribution in [-0.4, -0.2) is 11.1 Å². The molecule has 0 aromatic heterocycles. The molecule has 0 heterocycles. The van der Waals surface area contributed by atoms with Gasteiger partial charge >= 0.3 is 5.97 Å². The van der Waals surface area contributed by atoms with Gasteiger partial charge in [-0.25, -0.2) is 0 Å². The molecule has 0 atom stereocenters. The first-order chi connectivity index (χ1) is 6.54. The van der Waals surface area contributed by atoms with Crippen LogP contribution in [0.25, 0.3) is 0 Å². The van der Waals surface area contributed by atoms with Crippen LogP contribution in [0.5, 0.6) is 0 Å². The summed E-state index contributed by atoms with van der Waals surface area (Å²) in [5, 5.41) is 10.0. The number of carbonyl (C=O) groups is 1. The van der Waals surface area contributed by atoms with E-state index in [1.165, 1.54) is 0 Å². The van der Waals surface area contributed by atoms with Gasteiger partial charge in [-0.05, 0) is 23.3 Å². The lowest BCUT2D eigenvalue weighted by molar-refractivity contribution is -0.136. The molecule has 0 radical (unpaired) electrons. The molecule has 1 N–H and O–H groups in total. The summed E-state index contributed by atoms with van der Waals surface area (Å²) in [6.07, 6.45) is -0.0438. The van der Waals surface area contributed by atoms with E-state index in [1.807, 2.05) is 0 Å². The number of benzene rings is 1. The highest BCUT2D eigenvalue weighted by atomic mass is 79.9. The second-order valence-corrected chi connectivity index (χ2v) is 4.11. The third-order valence-corrected chi connectivity index (χ3v) is 3.05. The molecule has 0 aliphatic carbocycles. The minimum absolute atomic E-state index is 0.0438. The van der Waals surface area contributed by atoms with Gasteiger partial charge in [-0.3, -0.25) is 4.79 Å². The lowest BCUT2D eigenvalue weighted by atomic mass is 10.1. The quantitative estimate of drug-likeness (QED) is 0.867. The van der Waals surface area contributed by atoms with E-state index < -0.39 is 5.97 Å². The Morgan fingerprint density at radius 1 is 1.29 bits per heavy atom. The van der Waals surface area contributed by atoms with Gasteiger partial charge in [0.05, 0.1) is 16.5 Å². The van der Waals surface area contributed by atoms with E-state index >= 15 is 0 Å². The maximum atomic E-state index is 10.5. The molecule has 0 saturated carbocycles. The topological polar surface area (TPSA) is 37.3 Å². The number of hydrogen-bond donors (Lipinski definition) is 1. The zero-order valence-corrected chi connectivity index (χ0v) is 10.2. The van der Waals surface area contributed by atoms with Crippen LogP contribution in [0.3, 0.4) is 0 Å². The Hall–Kier alpha value is -0.250. The van der Waals surface area contributed by atoms with Gasteiger partial charge in [0.1, 0.15) is 0 Å². The first kappa shape index (κ1) is 11.8. The molecule has 1 rings (SSSR count). The zero-order chi connectivity index (χ0) is 10.7. The molecule has 14 heavy (non-hydrogen) atoms. The molecule has 2 nitrogen and oxygen atoms in total. The van der Waals surface area contributed by atoms with Crippen molar-refractivity contribution in [2.45, 2.75) is 11.8 Å². The van der Waals surface area contributed by atoms with E-state index in [1.54, 1.807) is 12.1 Å². The Morgan fingerprint density at radius 3 is 2.21 bits per heavy atom. The summed E-state index contributed by atoms with van der Waals surface area (Å²) in [5.74, 6) is -0.884. The highest BCUT2D eigenvalue weighted by molar-refractivity contribution is 9.08. The van der Waals surface area contributed by atoms with Crippen LogP contribution in [0.15, 0.2) is 12.1 Å². The zero-order valence-electron chi connectivity index (χ0n) is 7.06. The van der Waals surface area contributed by atoms with Gasteiger partial charge in [0.15, 0.2) is 0 Å². The second-order valence-electron chi connectivity index (χ2n) is 2.74. The maximum absolute atomic E-state index is 10.5. The van der Waals surface area contributed by atoms with E-state index in [9.17, 15) is 4.79 Å². The predicted molar refractivity (Wildman–Crippen MR) is 60.4 cm³/mol. The first-order valence-corrected chi connectivity index (χ1v) is 5.67. The fourth-order valence-corrected chi connectivity index (χ4v) is 1.98. The number of aliphatic carboxylic acids is 1. The van der Waals surface area contributed by atoms with Crippen molar-refractivity contribution in [3.8, 4) is 0 Å². The van der Waals surface area contributed by atoms with Gasteiger partial charge in [-0.15, -0.1) is 0 Å². The molecule has 1 aromatic carbocycles. The van der Waals surface area contributed by atoms with Gasteiger partial charge in [-0.2, -0.15) is 0 Å². The highest BCUT2D eigenvalue weighted by Gasteiger charge is 2.09. The lowest BCUT2D eigenvalue weighted by Crippen LogP contribution is -2.03. The lowest BCUT2D eigenvalue weighted by Gasteiger charge is -2.06. The van der Waals surface area contributed by atoms with E-state index in [-0.39, 0.29) is 6.42 Å². The Labute approximate surface area is 100.0 Å². The fourth-order valence-electron chi connectivity index (χ4n) is 1.08. The van der Waals surface area contributed by atoms with Crippen molar-refractivity contribution < 1.29 is 9.90 Å². The number of rotatable bonds is 3. The SMILES string of the molecule is O=C(O)Cc1cc(Cl)c(Cl)cc1CBr. The van der Waals surface area contributed by atoms with Crippen LogP contribution in [0.4, 0.5) is 0 Å². The summed E-state index contributed by atoms with van der Waals surface area (Å²) in [7, 11) is 0. The van der Waals surface area contributed by atoms with Crippen LogP contribution in [-0.2, 0) is 16.5 Å². The van der Waals surface area contributed by atoms with Crippen LogP contribution in [0, 0.1) is 0 Å². The van der Waals surface area contributed by atoms with Gasteiger partial charge in [0.25, 0.3) is 0 Å². The summed E-state index contributed by atoms with van der Waals surface area (Å²) in [6, 6.07) is 3.27. The van der Waals surface area contributed by atoms with Gasteiger partial charge in [0, 0.05) is 5.33 Å². The molecular formula is C9H7BrCl2O2. The Morgan fingerprint density at radius 2 is 1.79 bits per heavy atom. The van der Waals surface area contributed by atoms with Crippen molar-refractivity contribution in [2.75, 3.05) is 0 Å². The van der Waals surface area contributed by atoms with Crippen molar-refractivity contribution in [3.05, 3.63) is 33.3 Å². The van der Waals surface area contributed by atoms with Crippen molar-refractivity contribution in [2.24, 2.45) is 0 Å². The number of alkyl halides is 1. The van der Waals surface area contributed by atoms with Crippen LogP contribution in [0.1, 0.15) is 11.1 Å². The summed E-state index contributed by atoms with van der Waals surface area (Å²) >= 11 is 14.8. The number of hydrogen-bond acceptors (Lipinski definition) is 1. The first-order valence-electron chi connectivity index (χ1n) is 3.79. The Kier molecular flexibility index (Phi) is 4.23. The van der Waals surface area contributed by atoms with Crippen LogP contribution in [0.2, 0.25) is 10.0 Å². The molecule has 0 amide bonds. The molecule has 76 valence electrons. The largest absolute Gasteiger partial charge is 0.481 e. The van der Waals surface area contributed by atoms with Gasteiger partial charge < -0.3 is 5.11 Å². The summed E-state index contributed by atoms with van der Waals surface area (Å²) in [5.41, 5.74) is 1.53. The number of halogens is 3. The van der Waals surface area contributed by atoms with E-state index in [0.29, 0.717) is 20.9 Å². The van der Waals surface area contributed by atoms with Crippen LogP contribution < -0.4 is 0 Å².